The minimum atomic E-state index is -0.264. The Balaban J connectivity index is 1.40. The van der Waals surface area contributed by atoms with Crippen molar-refractivity contribution < 1.29 is 9.59 Å². The van der Waals surface area contributed by atoms with Gasteiger partial charge in [-0.25, -0.2) is 0 Å². The average molecular weight is 383 g/mol. The molecule has 1 unspecified atom stereocenters. The van der Waals surface area contributed by atoms with Crippen LogP contribution in [-0.4, -0.2) is 24.9 Å². The Labute approximate surface area is 164 Å². The molecular weight excluding hydrogens is 356 g/mol. The van der Waals surface area contributed by atoms with Crippen molar-refractivity contribution in [3.8, 4) is 0 Å². The molecule has 1 saturated carbocycles. The van der Waals surface area contributed by atoms with Crippen LogP contribution in [0.2, 0.25) is 0 Å². The molecule has 0 bridgehead atoms. The van der Waals surface area contributed by atoms with Gasteiger partial charge in [-0.1, -0.05) is 30.5 Å². The Morgan fingerprint density at radius 3 is 2.63 bits per heavy atom. The summed E-state index contributed by atoms with van der Waals surface area (Å²) >= 11 is 1.72. The van der Waals surface area contributed by atoms with Crippen LogP contribution in [0.3, 0.4) is 0 Å². The highest BCUT2D eigenvalue weighted by Crippen LogP contribution is 2.41. The Bertz CT molecular complexity index is 807. The van der Waals surface area contributed by atoms with E-state index < -0.39 is 0 Å². The largest absolute Gasteiger partial charge is 0.355 e. The van der Waals surface area contributed by atoms with Crippen LogP contribution in [-0.2, 0) is 15.0 Å². The maximum absolute atomic E-state index is 12.8. The van der Waals surface area contributed by atoms with Gasteiger partial charge in [0.15, 0.2) is 0 Å². The fourth-order valence-electron chi connectivity index (χ4n) is 4.44. The molecule has 1 saturated heterocycles. The number of thiophene rings is 1. The van der Waals surface area contributed by atoms with E-state index in [1.807, 2.05) is 31.2 Å². The highest BCUT2D eigenvalue weighted by atomic mass is 32.1. The number of hydrogen-bond donors (Lipinski definition) is 1. The zero-order chi connectivity index (χ0) is 18.9. The van der Waals surface area contributed by atoms with Crippen LogP contribution in [0.25, 0.3) is 0 Å². The topological polar surface area (TPSA) is 49.4 Å². The smallest absolute Gasteiger partial charge is 0.227 e. The first-order valence-corrected chi connectivity index (χ1v) is 10.7. The minimum Gasteiger partial charge on any atom is -0.355 e. The Morgan fingerprint density at radius 2 is 1.96 bits per heavy atom. The first-order chi connectivity index (χ1) is 13.1. The fraction of sp³-hybridized carbons (Fsp3) is 0.455. The Hall–Kier alpha value is -2.14. The molecule has 1 aromatic carbocycles. The predicted molar refractivity (Wildman–Crippen MR) is 109 cm³/mol. The van der Waals surface area contributed by atoms with Crippen molar-refractivity contribution in [3.05, 3.63) is 52.2 Å². The third kappa shape index (κ3) is 3.65. The quantitative estimate of drug-likeness (QED) is 0.848. The minimum absolute atomic E-state index is 0.0134. The van der Waals surface area contributed by atoms with Crippen LogP contribution in [0.1, 0.15) is 43.2 Å². The Morgan fingerprint density at radius 1 is 1.22 bits per heavy atom. The summed E-state index contributed by atoms with van der Waals surface area (Å²) in [5.41, 5.74) is 3.48. The van der Waals surface area contributed by atoms with Gasteiger partial charge in [-0.2, -0.15) is 11.3 Å². The summed E-state index contributed by atoms with van der Waals surface area (Å²) in [4.78, 5) is 27.0. The number of nitrogens with zero attached hydrogens (tertiary/aromatic N) is 1. The number of hydrogen-bond acceptors (Lipinski definition) is 3. The molecule has 1 N–H and O–H groups in total. The number of nitrogens with one attached hydrogen (secondary N) is 1. The first kappa shape index (κ1) is 18.2. The molecule has 1 aliphatic carbocycles. The summed E-state index contributed by atoms with van der Waals surface area (Å²) in [7, 11) is 0. The zero-order valence-corrected chi connectivity index (χ0v) is 16.6. The van der Waals surface area contributed by atoms with E-state index in [4.69, 9.17) is 0 Å². The number of benzene rings is 1. The van der Waals surface area contributed by atoms with Gasteiger partial charge >= 0.3 is 0 Å². The molecule has 0 radical (unpaired) electrons. The second kappa shape index (κ2) is 7.47. The van der Waals surface area contributed by atoms with Gasteiger partial charge in [0.25, 0.3) is 0 Å². The van der Waals surface area contributed by atoms with Crippen molar-refractivity contribution in [3.63, 3.8) is 0 Å². The van der Waals surface area contributed by atoms with Crippen molar-refractivity contribution in [1.29, 1.82) is 0 Å². The highest BCUT2D eigenvalue weighted by Gasteiger charge is 2.39. The lowest BCUT2D eigenvalue weighted by Crippen LogP contribution is -2.42. The lowest BCUT2D eigenvalue weighted by molar-refractivity contribution is -0.126. The SMILES string of the molecule is Cc1ccc(N2CC(C(=O)NCC3(c4ccsc4)CCCC3)CC2=O)cc1. The number of amides is 2. The molecule has 2 heterocycles. The molecule has 2 amide bonds. The van der Waals surface area contributed by atoms with Crippen LogP contribution in [0.15, 0.2) is 41.1 Å². The summed E-state index contributed by atoms with van der Waals surface area (Å²) in [6.45, 7) is 3.18. The monoisotopic (exact) mass is 382 g/mol. The third-order valence-electron chi connectivity index (χ3n) is 6.14. The van der Waals surface area contributed by atoms with E-state index in [-0.39, 0.29) is 23.1 Å². The lowest BCUT2D eigenvalue weighted by Gasteiger charge is -2.29. The normalized spacial score (nSPS) is 21.6. The van der Waals surface area contributed by atoms with E-state index in [0.717, 1.165) is 24.1 Å². The number of rotatable bonds is 5. The Kier molecular flexibility index (Phi) is 5.04. The second-order valence-electron chi connectivity index (χ2n) is 7.96. The summed E-state index contributed by atoms with van der Waals surface area (Å²) in [6.07, 6.45) is 4.99. The van der Waals surface area contributed by atoms with Gasteiger partial charge in [0, 0.05) is 30.6 Å². The number of aryl methyl sites for hydroxylation is 1. The molecule has 4 nitrogen and oxygen atoms in total. The second-order valence-corrected chi connectivity index (χ2v) is 8.74. The molecule has 0 spiro atoms. The molecular formula is C22H26N2O2S. The molecule has 2 aromatic rings. The van der Waals surface area contributed by atoms with E-state index in [1.165, 1.54) is 18.4 Å². The van der Waals surface area contributed by atoms with Crippen LogP contribution in [0.4, 0.5) is 5.69 Å². The van der Waals surface area contributed by atoms with Crippen molar-refractivity contribution >= 4 is 28.8 Å². The lowest BCUT2D eigenvalue weighted by atomic mass is 9.80. The molecule has 2 fully saturated rings. The maximum Gasteiger partial charge on any atom is 0.227 e. The van der Waals surface area contributed by atoms with Crippen molar-refractivity contribution in [1.82, 2.24) is 5.32 Å². The van der Waals surface area contributed by atoms with Crippen LogP contribution >= 0.6 is 11.3 Å². The summed E-state index contributed by atoms with van der Waals surface area (Å²) < 4.78 is 0. The van der Waals surface area contributed by atoms with Gasteiger partial charge in [-0.3, -0.25) is 9.59 Å². The number of anilines is 1. The predicted octanol–water partition coefficient (Wildman–Crippen LogP) is 4.04. The first-order valence-electron chi connectivity index (χ1n) is 9.75. The number of carbonyl (C=O) groups is 2. The molecule has 5 heteroatoms. The van der Waals surface area contributed by atoms with E-state index >= 15 is 0 Å². The summed E-state index contributed by atoms with van der Waals surface area (Å²) in [5.74, 6) is -0.216. The van der Waals surface area contributed by atoms with Crippen LogP contribution in [0.5, 0.6) is 0 Å². The molecule has 1 aliphatic heterocycles. The molecule has 142 valence electrons. The maximum atomic E-state index is 12.8. The van der Waals surface area contributed by atoms with E-state index in [2.05, 4.69) is 22.1 Å². The van der Waals surface area contributed by atoms with Crippen molar-refractivity contribution in [2.24, 2.45) is 5.92 Å². The molecule has 27 heavy (non-hydrogen) atoms. The fourth-order valence-corrected chi connectivity index (χ4v) is 5.22. The highest BCUT2D eigenvalue weighted by molar-refractivity contribution is 7.08. The molecule has 4 rings (SSSR count). The standard InChI is InChI=1S/C22H26N2O2S/c1-16-4-6-19(7-5-16)24-13-17(12-20(24)25)21(26)23-15-22(9-2-3-10-22)18-8-11-27-14-18/h4-8,11,14,17H,2-3,9-10,12-13,15H2,1H3,(H,23,26). The summed E-state index contributed by atoms with van der Waals surface area (Å²) in [6, 6.07) is 10.1. The van der Waals surface area contributed by atoms with E-state index in [9.17, 15) is 9.59 Å². The van der Waals surface area contributed by atoms with Crippen molar-refractivity contribution in [2.75, 3.05) is 18.0 Å². The molecule has 1 aromatic heterocycles. The van der Waals surface area contributed by atoms with Crippen LogP contribution < -0.4 is 10.2 Å². The van der Waals surface area contributed by atoms with Crippen molar-refractivity contribution in [2.45, 2.75) is 44.4 Å². The van der Waals surface area contributed by atoms with E-state index in [1.54, 1.807) is 16.2 Å². The number of carbonyl (C=O) groups excluding carboxylic acids is 2. The van der Waals surface area contributed by atoms with E-state index in [0.29, 0.717) is 19.5 Å². The molecule has 2 aliphatic rings. The van der Waals surface area contributed by atoms with Gasteiger partial charge in [0.1, 0.15) is 0 Å². The van der Waals surface area contributed by atoms with Gasteiger partial charge in [0.2, 0.25) is 11.8 Å². The zero-order valence-electron chi connectivity index (χ0n) is 15.7. The van der Waals surface area contributed by atoms with Gasteiger partial charge < -0.3 is 10.2 Å². The van der Waals surface area contributed by atoms with Crippen LogP contribution in [0, 0.1) is 12.8 Å². The average Bonchev–Trinajstić information content (AvgIpc) is 3.41. The third-order valence-corrected chi connectivity index (χ3v) is 6.82. The summed E-state index contributed by atoms with van der Waals surface area (Å²) in [5, 5.41) is 7.52. The van der Waals surface area contributed by atoms with Gasteiger partial charge in [-0.05, 0) is 54.3 Å². The van der Waals surface area contributed by atoms with Gasteiger partial charge in [0.05, 0.1) is 5.92 Å². The van der Waals surface area contributed by atoms with Gasteiger partial charge in [-0.15, -0.1) is 0 Å². The molecule has 1 atom stereocenters.